The molecule has 0 saturated carbocycles. The van der Waals surface area contributed by atoms with Gasteiger partial charge in [0.1, 0.15) is 11.5 Å². The molecule has 0 aliphatic carbocycles. The van der Waals surface area contributed by atoms with E-state index in [4.69, 9.17) is 10.5 Å². The summed E-state index contributed by atoms with van der Waals surface area (Å²) >= 11 is 0. The van der Waals surface area contributed by atoms with Gasteiger partial charge in [-0.2, -0.15) is 0 Å². The summed E-state index contributed by atoms with van der Waals surface area (Å²) in [6, 6.07) is 8.55. The van der Waals surface area contributed by atoms with Gasteiger partial charge in [0.25, 0.3) is 0 Å². The predicted octanol–water partition coefficient (Wildman–Crippen LogP) is 3.49. The number of ether oxygens (including phenoxy) is 1. The standard InChI is InChI=1S/C18H23N3O2/c1-12-10-13(21-17(22)16(19)18(2,3)4)7-8-15(12)23-14-6-5-9-20-11-14/h5-11,16H,19H2,1-4H3,(H,21,22)/t16-/m1/s1. The van der Waals surface area contributed by atoms with Crippen LogP contribution >= 0.6 is 0 Å². The molecule has 0 radical (unpaired) electrons. The van der Waals surface area contributed by atoms with Gasteiger partial charge in [-0.05, 0) is 48.2 Å². The number of carbonyl (C=O) groups excluding carboxylic acids is 1. The zero-order valence-corrected chi connectivity index (χ0v) is 14.0. The Balaban J connectivity index is 2.09. The maximum Gasteiger partial charge on any atom is 0.241 e. The Labute approximate surface area is 136 Å². The molecule has 1 aromatic carbocycles. The molecule has 0 bridgehead atoms. The van der Waals surface area contributed by atoms with E-state index in [0.29, 0.717) is 11.4 Å². The normalized spacial score (nSPS) is 12.6. The zero-order valence-electron chi connectivity index (χ0n) is 14.0. The van der Waals surface area contributed by atoms with Crippen LogP contribution in [-0.2, 0) is 4.79 Å². The number of nitrogens with one attached hydrogen (secondary N) is 1. The van der Waals surface area contributed by atoms with Gasteiger partial charge in [-0.25, -0.2) is 0 Å². The number of pyridine rings is 1. The first-order valence-corrected chi connectivity index (χ1v) is 7.52. The monoisotopic (exact) mass is 313 g/mol. The molecule has 0 spiro atoms. The van der Waals surface area contributed by atoms with Crippen LogP contribution in [0.1, 0.15) is 26.3 Å². The molecular weight excluding hydrogens is 290 g/mol. The number of hydrogen-bond acceptors (Lipinski definition) is 4. The fraction of sp³-hybridized carbons (Fsp3) is 0.333. The molecule has 0 fully saturated rings. The van der Waals surface area contributed by atoms with Gasteiger partial charge >= 0.3 is 0 Å². The number of amides is 1. The molecule has 1 atom stereocenters. The molecule has 1 amide bonds. The Morgan fingerprint density at radius 2 is 2.04 bits per heavy atom. The van der Waals surface area contributed by atoms with Crippen molar-refractivity contribution in [2.75, 3.05) is 5.32 Å². The van der Waals surface area contributed by atoms with Crippen molar-refractivity contribution in [1.82, 2.24) is 4.98 Å². The molecule has 2 aromatic rings. The molecule has 1 aromatic heterocycles. The van der Waals surface area contributed by atoms with Gasteiger partial charge in [-0.15, -0.1) is 0 Å². The fourth-order valence-electron chi connectivity index (χ4n) is 1.99. The van der Waals surface area contributed by atoms with Crippen LogP contribution in [0.5, 0.6) is 11.5 Å². The van der Waals surface area contributed by atoms with Gasteiger partial charge in [0, 0.05) is 11.9 Å². The number of nitrogens with zero attached hydrogens (tertiary/aromatic N) is 1. The van der Waals surface area contributed by atoms with Crippen molar-refractivity contribution in [2.24, 2.45) is 11.1 Å². The highest BCUT2D eigenvalue weighted by Gasteiger charge is 2.27. The topological polar surface area (TPSA) is 77.2 Å². The van der Waals surface area contributed by atoms with E-state index >= 15 is 0 Å². The van der Waals surface area contributed by atoms with Gasteiger partial charge in [-0.3, -0.25) is 9.78 Å². The van der Waals surface area contributed by atoms with Crippen molar-refractivity contribution in [3.8, 4) is 11.5 Å². The maximum absolute atomic E-state index is 12.2. The molecule has 0 saturated heterocycles. The Bertz CT molecular complexity index is 678. The first-order valence-electron chi connectivity index (χ1n) is 7.52. The second kappa shape index (κ2) is 6.79. The minimum absolute atomic E-state index is 0.196. The van der Waals surface area contributed by atoms with Crippen LogP contribution in [-0.4, -0.2) is 16.9 Å². The molecule has 23 heavy (non-hydrogen) atoms. The van der Waals surface area contributed by atoms with E-state index in [-0.39, 0.29) is 11.3 Å². The third kappa shape index (κ3) is 4.53. The molecule has 0 aliphatic rings. The number of nitrogens with two attached hydrogens (primary N) is 1. The molecule has 0 unspecified atom stereocenters. The first-order chi connectivity index (χ1) is 10.8. The summed E-state index contributed by atoms with van der Waals surface area (Å²) in [5.41, 5.74) is 7.29. The molecule has 3 N–H and O–H groups in total. The number of benzene rings is 1. The summed E-state index contributed by atoms with van der Waals surface area (Å²) in [6.45, 7) is 7.74. The van der Waals surface area contributed by atoms with Gasteiger partial charge in [-0.1, -0.05) is 20.8 Å². The van der Waals surface area contributed by atoms with E-state index in [9.17, 15) is 4.79 Å². The number of carbonyl (C=O) groups is 1. The lowest BCUT2D eigenvalue weighted by Crippen LogP contribution is -2.45. The minimum atomic E-state index is -0.575. The first kappa shape index (κ1) is 17.0. The van der Waals surface area contributed by atoms with Crippen molar-refractivity contribution in [2.45, 2.75) is 33.7 Å². The van der Waals surface area contributed by atoms with Crippen LogP contribution in [0.25, 0.3) is 0 Å². The van der Waals surface area contributed by atoms with Gasteiger partial charge in [0.2, 0.25) is 5.91 Å². The highest BCUT2D eigenvalue weighted by molar-refractivity contribution is 5.95. The van der Waals surface area contributed by atoms with E-state index < -0.39 is 6.04 Å². The fourth-order valence-corrected chi connectivity index (χ4v) is 1.99. The van der Waals surface area contributed by atoms with Gasteiger partial charge in [0.15, 0.2) is 0 Å². The van der Waals surface area contributed by atoms with Crippen molar-refractivity contribution in [1.29, 1.82) is 0 Å². The summed E-state index contributed by atoms with van der Waals surface area (Å²) in [5.74, 6) is 1.19. The largest absolute Gasteiger partial charge is 0.455 e. The van der Waals surface area contributed by atoms with E-state index in [2.05, 4.69) is 10.3 Å². The lowest BCUT2D eigenvalue weighted by atomic mass is 9.87. The highest BCUT2D eigenvalue weighted by atomic mass is 16.5. The Morgan fingerprint density at radius 3 is 2.61 bits per heavy atom. The molecule has 5 nitrogen and oxygen atoms in total. The summed E-state index contributed by atoms with van der Waals surface area (Å²) < 4.78 is 5.77. The van der Waals surface area contributed by atoms with Crippen molar-refractivity contribution >= 4 is 11.6 Å². The predicted molar refractivity (Wildman–Crippen MR) is 91.6 cm³/mol. The Hall–Kier alpha value is -2.40. The summed E-state index contributed by atoms with van der Waals surface area (Å²) in [5, 5.41) is 2.85. The van der Waals surface area contributed by atoms with Crippen molar-refractivity contribution in [3.05, 3.63) is 48.3 Å². The van der Waals surface area contributed by atoms with Crippen LogP contribution in [0.4, 0.5) is 5.69 Å². The average molecular weight is 313 g/mol. The Kier molecular flexibility index (Phi) is 5.01. The molecule has 5 heteroatoms. The molecular formula is C18H23N3O2. The second-order valence-electron chi connectivity index (χ2n) is 6.60. The van der Waals surface area contributed by atoms with Crippen LogP contribution in [0.2, 0.25) is 0 Å². The maximum atomic E-state index is 12.2. The van der Waals surface area contributed by atoms with Crippen molar-refractivity contribution < 1.29 is 9.53 Å². The van der Waals surface area contributed by atoms with Crippen LogP contribution in [0, 0.1) is 12.3 Å². The van der Waals surface area contributed by atoms with Crippen LogP contribution < -0.4 is 15.8 Å². The van der Waals surface area contributed by atoms with E-state index in [0.717, 1.165) is 11.3 Å². The highest BCUT2D eigenvalue weighted by Crippen LogP contribution is 2.27. The van der Waals surface area contributed by atoms with Crippen LogP contribution in [0.15, 0.2) is 42.7 Å². The number of hydrogen-bond donors (Lipinski definition) is 2. The van der Waals surface area contributed by atoms with E-state index in [1.807, 2.05) is 52.0 Å². The Morgan fingerprint density at radius 1 is 1.30 bits per heavy atom. The van der Waals surface area contributed by atoms with E-state index in [1.54, 1.807) is 18.5 Å². The average Bonchev–Trinajstić information content (AvgIpc) is 2.49. The lowest BCUT2D eigenvalue weighted by molar-refractivity contribution is -0.119. The van der Waals surface area contributed by atoms with Gasteiger partial charge < -0.3 is 15.8 Å². The summed E-state index contributed by atoms with van der Waals surface area (Å²) in [7, 11) is 0. The molecule has 0 aliphatic heterocycles. The second-order valence-corrected chi connectivity index (χ2v) is 6.60. The smallest absolute Gasteiger partial charge is 0.241 e. The SMILES string of the molecule is Cc1cc(NC(=O)[C@@H](N)C(C)(C)C)ccc1Oc1cccnc1. The summed E-state index contributed by atoms with van der Waals surface area (Å²) in [6.07, 6.45) is 3.34. The quantitative estimate of drug-likeness (QED) is 0.905. The summed E-state index contributed by atoms with van der Waals surface area (Å²) in [4.78, 5) is 16.2. The number of rotatable bonds is 4. The molecule has 1 heterocycles. The number of aryl methyl sites for hydroxylation is 1. The third-order valence-electron chi connectivity index (χ3n) is 3.52. The lowest BCUT2D eigenvalue weighted by Gasteiger charge is -2.25. The third-order valence-corrected chi connectivity index (χ3v) is 3.52. The van der Waals surface area contributed by atoms with E-state index in [1.165, 1.54) is 0 Å². The molecule has 2 rings (SSSR count). The van der Waals surface area contributed by atoms with Gasteiger partial charge in [0.05, 0.1) is 12.2 Å². The van der Waals surface area contributed by atoms with Crippen molar-refractivity contribution in [3.63, 3.8) is 0 Å². The number of aromatic nitrogens is 1. The number of anilines is 1. The minimum Gasteiger partial charge on any atom is -0.455 e. The zero-order chi connectivity index (χ0) is 17.0. The van der Waals surface area contributed by atoms with Crippen LogP contribution in [0.3, 0.4) is 0 Å². The molecule has 122 valence electrons.